The van der Waals surface area contributed by atoms with Crippen LogP contribution in [-0.4, -0.2) is 35.4 Å². The molecule has 35 heavy (non-hydrogen) atoms. The number of nitrogens with one attached hydrogen (secondary N) is 1. The number of carbonyl (C=O) groups excluding carboxylic acids is 2. The van der Waals surface area contributed by atoms with Crippen LogP contribution in [0.15, 0.2) is 60.7 Å². The molecule has 0 bridgehead atoms. The number of methoxy groups -OCH3 is 1. The van der Waals surface area contributed by atoms with Gasteiger partial charge in [0.05, 0.1) is 25.4 Å². The van der Waals surface area contributed by atoms with E-state index in [1.54, 1.807) is 17.9 Å². The highest BCUT2D eigenvalue weighted by Gasteiger charge is 2.33. The first-order valence-electron chi connectivity index (χ1n) is 11.5. The van der Waals surface area contributed by atoms with Crippen LogP contribution in [0.25, 0.3) is 6.08 Å². The van der Waals surface area contributed by atoms with Gasteiger partial charge in [0.2, 0.25) is 0 Å². The van der Waals surface area contributed by atoms with Crippen molar-refractivity contribution < 1.29 is 19.1 Å². The van der Waals surface area contributed by atoms with Crippen molar-refractivity contribution in [1.82, 2.24) is 15.1 Å². The van der Waals surface area contributed by atoms with Gasteiger partial charge in [0.1, 0.15) is 10.9 Å². The smallest absolute Gasteiger partial charge is 0.331 e. The zero-order chi connectivity index (χ0) is 24.8. The molecule has 1 fully saturated rings. The third kappa shape index (κ3) is 6.51. The molecule has 1 aromatic heterocycles. The van der Waals surface area contributed by atoms with E-state index in [-0.39, 0.29) is 18.6 Å². The zero-order valence-corrected chi connectivity index (χ0v) is 20.5. The molecule has 0 spiro atoms. The van der Waals surface area contributed by atoms with Crippen molar-refractivity contribution in [3.8, 4) is 5.75 Å². The predicted molar refractivity (Wildman–Crippen MR) is 134 cm³/mol. The minimum atomic E-state index is -0.626. The number of aromatic nitrogens is 2. The molecule has 1 amide bonds. The monoisotopic (exact) mass is 493 g/mol. The summed E-state index contributed by atoms with van der Waals surface area (Å²) in [7, 11) is 1.62. The van der Waals surface area contributed by atoms with Crippen molar-refractivity contribution in [2.24, 2.45) is 5.92 Å². The molecule has 0 aliphatic heterocycles. The van der Waals surface area contributed by atoms with E-state index < -0.39 is 5.97 Å². The van der Waals surface area contributed by atoms with Crippen molar-refractivity contribution in [3.63, 3.8) is 0 Å². The number of hydrogen-bond donors (Lipinski definition) is 1. The van der Waals surface area contributed by atoms with E-state index in [4.69, 9.17) is 21.1 Å². The second kappa shape index (κ2) is 11.2. The van der Waals surface area contributed by atoms with Crippen molar-refractivity contribution in [2.75, 3.05) is 13.7 Å². The molecule has 1 aliphatic carbocycles. The largest absolute Gasteiger partial charge is 0.497 e. The minimum absolute atomic E-state index is 0.112. The quantitative estimate of drug-likeness (QED) is 0.326. The number of esters is 1. The number of aryl methyl sites for hydroxylation is 1. The zero-order valence-electron chi connectivity index (χ0n) is 19.7. The fourth-order valence-electron chi connectivity index (χ4n) is 3.88. The van der Waals surface area contributed by atoms with Gasteiger partial charge in [0.25, 0.3) is 5.91 Å². The molecule has 1 unspecified atom stereocenters. The highest BCUT2D eigenvalue weighted by Crippen LogP contribution is 2.41. The number of benzene rings is 2. The van der Waals surface area contributed by atoms with Crippen LogP contribution in [0, 0.1) is 12.8 Å². The van der Waals surface area contributed by atoms with Crippen LogP contribution in [-0.2, 0) is 20.9 Å². The van der Waals surface area contributed by atoms with E-state index in [0.717, 1.165) is 29.7 Å². The molecule has 1 saturated carbocycles. The number of ether oxygens (including phenoxy) is 2. The molecule has 1 heterocycles. The summed E-state index contributed by atoms with van der Waals surface area (Å²) < 4.78 is 12.0. The lowest BCUT2D eigenvalue weighted by Gasteiger charge is -2.19. The van der Waals surface area contributed by atoms with Crippen LogP contribution in [0.5, 0.6) is 5.75 Å². The molecule has 2 aromatic carbocycles. The lowest BCUT2D eigenvalue weighted by atomic mass is 10.0. The summed E-state index contributed by atoms with van der Waals surface area (Å²) in [5, 5.41) is 7.88. The van der Waals surface area contributed by atoms with Crippen LogP contribution >= 0.6 is 11.6 Å². The average Bonchev–Trinajstić information content (AvgIpc) is 3.68. The van der Waals surface area contributed by atoms with Gasteiger partial charge in [-0.1, -0.05) is 54.1 Å². The molecule has 1 aliphatic rings. The van der Waals surface area contributed by atoms with Gasteiger partial charge in [0.15, 0.2) is 6.61 Å². The maximum atomic E-state index is 12.5. The Morgan fingerprint density at radius 2 is 1.89 bits per heavy atom. The summed E-state index contributed by atoms with van der Waals surface area (Å²) in [5.41, 5.74) is 3.40. The van der Waals surface area contributed by atoms with Gasteiger partial charge in [-0.3, -0.25) is 4.79 Å². The third-order valence-electron chi connectivity index (χ3n) is 5.90. The van der Waals surface area contributed by atoms with Gasteiger partial charge in [-0.15, -0.1) is 0 Å². The number of hydrogen-bond acceptors (Lipinski definition) is 5. The van der Waals surface area contributed by atoms with Gasteiger partial charge in [-0.2, -0.15) is 5.10 Å². The van der Waals surface area contributed by atoms with Crippen LogP contribution < -0.4 is 10.1 Å². The summed E-state index contributed by atoms with van der Waals surface area (Å²) in [5.74, 6) is 0.181. The fraction of sp³-hybridized carbons (Fsp3) is 0.296. The molecule has 7 nitrogen and oxygen atoms in total. The van der Waals surface area contributed by atoms with Gasteiger partial charge >= 0.3 is 5.97 Å². The van der Waals surface area contributed by atoms with Crippen molar-refractivity contribution >= 4 is 29.6 Å². The Labute approximate surface area is 209 Å². The van der Waals surface area contributed by atoms with E-state index in [1.165, 1.54) is 6.08 Å². The van der Waals surface area contributed by atoms with Crippen molar-refractivity contribution in [1.29, 1.82) is 0 Å². The molecule has 8 heteroatoms. The first-order valence-corrected chi connectivity index (χ1v) is 11.9. The van der Waals surface area contributed by atoms with Crippen LogP contribution in [0.4, 0.5) is 0 Å². The molecular formula is C27H28ClN3O4. The molecule has 1 atom stereocenters. The summed E-state index contributed by atoms with van der Waals surface area (Å²) in [6, 6.07) is 17.4. The van der Waals surface area contributed by atoms with Gasteiger partial charge < -0.3 is 14.8 Å². The number of carbonyl (C=O) groups is 2. The van der Waals surface area contributed by atoms with E-state index in [9.17, 15) is 9.59 Å². The maximum Gasteiger partial charge on any atom is 0.331 e. The molecule has 0 saturated heterocycles. The lowest BCUT2D eigenvalue weighted by Crippen LogP contribution is -2.33. The van der Waals surface area contributed by atoms with Crippen molar-refractivity contribution in [3.05, 3.63) is 88.2 Å². The molecule has 1 N–H and O–H groups in total. The molecule has 182 valence electrons. The first-order chi connectivity index (χ1) is 16.9. The predicted octanol–water partition coefficient (Wildman–Crippen LogP) is 4.73. The van der Waals surface area contributed by atoms with E-state index in [2.05, 4.69) is 10.4 Å². The van der Waals surface area contributed by atoms with Crippen LogP contribution in [0.3, 0.4) is 0 Å². The molecule has 0 radical (unpaired) electrons. The first kappa shape index (κ1) is 24.5. The molecular weight excluding hydrogens is 466 g/mol. The second-order valence-electron chi connectivity index (χ2n) is 8.53. The number of amides is 1. The Hall–Kier alpha value is -3.58. The summed E-state index contributed by atoms with van der Waals surface area (Å²) >= 11 is 6.49. The summed E-state index contributed by atoms with van der Waals surface area (Å²) in [6.07, 6.45) is 4.93. The Balaban J connectivity index is 1.31. The SMILES string of the molecule is COc1ccc(C(NC(=O)COC(=O)/C=C/c2c(C)nn(Cc3ccccc3)c2Cl)C2CC2)cc1. The molecule has 3 aromatic rings. The van der Waals surface area contributed by atoms with Crippen molar-refractivity contribution in [2.45, 2.75) is 32.4 Å². The Kier molecular flexibility index (Phi) is 7.87. The summed E-state index contributed by atoms with van der Waals surface area (Å²) in [4.78, 5) is 24.7. The van der Waals surface area contributed by atoms with Gasteiger partial charge in [-0.05, 0) is 55.0 Å². The summed E-state index contributed by atoms with van der Waals surface area (Å²) in [6.45, 7) is 1.99. The van der Waals surface area contributed by atoms with Crippen LogP contribution in [0.2, 0.25) is 5.15 Å². The average molecular weight is 494 g/mol. The van der Waals surface area contributed by atoms with E-state index in [0.29, 0.717) is 28.9 Å². The number of nitrogens with zero attached hydrogens (tertiary/aromatic N) is 2. The Bertz CT molecular complexity index is 1200. The Morgan fingerprint density at radius 1 is 1.17 bits per heavy atom. The normalized spacial score (nSPS) is 14.0. The lowest BCUT2D eigenvalue weighted by molar-refractivity contribution is -0.144. The molecule has 4 rings (SSSR count). The van der Waals surface area contributed by atoms with Gasteiger partial charge in [0, 0.05) is 11.6 Å². The minimum Gasteiger partial charge on any atom is -0.497 e. The topological polar surface area (TPSA) is 82.4 Å². The maximum absolute atomic E-state index is 12.5. The standard InChI is InChI=1S/C27H28ClN3O4/c1-18-23(27(28)31(30-18)16-19-6-4-3-5-7-19)14-15-25(33)35-17-24(32)29-26(20-8-9-20)21-10-12-22(34-2)13-11-21/h3-7,10-15,20,26H,8-9,16-17H2,1-2H3,(H,29,32)/b15-14+. The highest BCUT2D eigenvalue weighted by atomic mass is 35.5. The number of rotatable bonds is 10. The van der Waals surface area contributed by atoms with E-state index in [1.807, 2.05) is 61.5 Å². The van der Waals surface area contributed by atoms with E-state index >= 15 is 0 Å². The second-order valence-corrected chi connectivity index (χ2v) is 8.89. The Morgan fingerprint density at radius 3 is 2.54 bits per heavy atom. The third-order valence-corrected chi connectivity index (χ3v) is 6.30. The number of halogens is 1. The highest BCUT2D eigenvalue weighted by molar-refractivity contribution is 6.31. The van der Waals surface area contributed by atoms with Gasteiger partial charge in [-0.25, -0.2) is 9.48 Å². The van der Waals surface area contributed by atoms with Crippen LogP contribution in [0.1, 0.15) is 41.3 Å². The fourth-order valence-corrected chi connectivity index (χ4v) is 4.18.